The molecule has 0 aliphatic heterocycles. The second kappa shape index (κ2) is 9.60. The number of halogens is 2. The van der Waals surface area contributed by atoms with Crippen molar-refractivity contribution in [2.45, 2.75) is 39.2 Å². The Hall–Kier alpha value is -0.280. The summed E-state index contributed by atoms with van der Waals surface area (Å²) in [7, 11) is 0. The minimum absolute atomic E-state index is 0.280. The van der Waals surface area contributed by atoms with Crippen LogP contribution in [0, 0.1) is 0 Å². The van der Waals surface area contributed by atoms with E-state index in [4.69, 9.17) is 27.9 Å². The third kappa shape index (κ3) is 6.13. The summed E-state index contributed by atoms with van der Waals surface area (Å²) in [6.45, 7) is 6.76. The Morgan fingerprint density at radius 3 is 2.68 bits per heavy atom. The number of hydrogen-bond acceptors (Lipinski definition) is 2. The van der Waals surface area contributed by atoms with E-state index in [1.807, 2.05) is 18.2 Å². The minimum Gasteiger partial charge on any atom is -0.380 e. The second-order valence-corrected chi connectivity index (χ2v) is 5.43. The lowest BCUT2D eigenvalue weighted by molar-refractivity contribution is 0.112. The summed E-state index contributed by atoms with van der Waals surface area (Å²) in [5.41, 5.74) is 1.07. The van der Waals surface area contributed by atoms with Crippen LogP contribution in [-0.2, 0) is 11.2 Å². The quantitative estimate of drug-likeness (QED) is 0.686. The third-order valence-corrected chi connectivity index (χ3v) is 3.71. The molecule has 1 atom stereocenters. The van der Waals surface area contributed by atoms with Crippen LogP contribution in [0.2, 0.25) is 10.0 Å². The fourth-order valence-electron chi connectivity index (χ4n) is 1.88. The van der Waals surface area contributed by atoms with Gasteiger partial charge in [0.25, 0.3) is 0 Å². The molecule has 1 aromatic rings. The molecule has 0 saturated heterocycles. The molecule has 1 unspecified atom stereocenters. The molecule has 0 aliphatic carbocycles. The normalized spacial score (nSPS) is 12.6. The Morgan fingerprint density at radius 2 is 2.00 bits per heavy atom. The maximum absolute atomic E-state index is 6.23. The van der Waals surface area contributed by atoms with E-state index in [0.717, 1.165) is 38.0 Å². The molecule has 2 nitrogen and oxygen atoms in total. The van der Waals surface area contributed by atoms with Crippen LogP contribution in [0.4, 0.5) is 0 Å². The number of nitrogens with one attached hydrogen (secondary N) is 1. The average Bonchev–Trinajstić information content (AvgIpc) is 2.41. The Balaban J connectivity index is 2.61. The maximum atomic E-state index is 6.23. The summed E-state index contributed by atoms with van der Waals surface area (Å²) in [6, 6.07) is 6.06. The summed E-state index contributed by atoms with van der Waals surface area (Å²) in [5, 5.41) is 4.77. The molecule has 0 fully saturated rings. The fourth-order valence-corrected chi connectivity index (χ4v) is 2.28. The molecule has 0 aliphatic rings. The van der Waals surface area contributed by atoms with Crippen molar-refractivity contribution in [3.63, 3.8) is 0 Å². The highest BCUT2D eigenvalue weighted by Crippen LogP contribution is 2.26. The van der Waals surface area contributed by atoms with Crippen LogP contribution < -0.4 is 5.32 Å². The zero-order valence-electron chi connectivity index (χ0n) is 11.7. The van der Waals surface area contributed by atoms with Crippen LogP contribution in [0.3, 0.4) is 0 Å². The summed E-state index contributed by atoms with van der Waals surface area (Å²) in [6.07, 6.45) is 2.98. The Bertz CT molecular complexity index is 371. The summed E-state index contributed by atoms with van der Waals surface area (Å²) in [4.78, 5) is 0. The molecule has 19 heavy (non-hydrogen) atoms. The predicted octanol–water partition coefficient (Wildman–Crippen LogP) is 4.33. The van der Waals surface area contributed by atoms with Gasteiger partial charge in [-0.05, 0) is 37.4 Å². The molecule has 1 N–H and O–H groups in total. The van der Waals surface area contributed by atoms with Crippen molar-refractivity contribution < 1.29 is 4.74 Å². The number of hydrogen-bond donors (Lipinski definition) is 1. The number of benzene rings is 1. The van der Waals surface area contributed by atoms with Crippen molar-refractivity contribution in [3.8, 4) is 0 Å². The van der Waals surface area contributed by atoms with Gasteiger partial charge in [-0.3, -0.25) is 0 Å². The van der Waals surface area contributed by atoms with Gasteiger partial charge >= 0.3 is 0 Å². The predicted molar refractivity (Wildman–Crippen MR) is 83.4 cm³/mol. The van der Waals surface area contributed by atoms with Gasteiger partial charge in [0.1, 0.15) is 0 Å². The van der Waals surface area contributed by atoms with E-state index in [1.165, 1.54) is 0 Å². The van der Waals surface area contributed by atoms with E-state index in [-0.39, 0.29) is 6.04 Å². The SMILES string of the molecule is CCCNC(COCCC)Cc1cccc(Cl)c1Cl. The number of ether oxygens (including phenoxy) is 1. The topological polar surface area (TPSA) is 21.3 Å². The first kappa shape index (κ1) is 16.8. The Labute approximate surface area is 126 Å². The van der Waals surface area contributed by atoms with Gasteiger partial charge in [0.05, 0.1) is 16.7 Å². The molecule has 0 aromatic heterocycles. The summed E-state index contributed by atoms with van der Waals surface area (Å²) in [5.74, 6) is 0. The lowest BCUT2D eigenvalue weighted by Gasteiger charge is -2.19. The summed E-state index contributed by atoms with van der Waals surface area (Å²) < 4.78 is 5.65. The standard InChI is InChI=1S/C15H23Cl2NO/c1-3-8-18-13(11-19-9-4-2)10-12-6-5-7-14(16)15(12)17/h5-7,13,18H,3-4,8-11H2,1-2H3. The van der Waals surface area contributed by atoms with Gasteiger partial charge in [-0.25, -0.2) is 0 Å². The molecule has 0 saturated carbocycles. The fraction of sp³-hybridized carbons (Fsp3) is 0.600. The van der Waals surface area contributed by atoms with Gasteiger partial charge in [0.2, 0.25) is 0 Å². The van der Waals surface area contributed by atoms with E-state index < -0.39 is 0 Å². The van der Waals surface area contributed by atoms with Gasteiger partial charge in [0, 0.05) is 12.6 Å². The van der Waals surface area contributed by atoms with E-state index >= 15 is 0 Å². The monoisotopic (exact) mass is 303 g/mol. The van der Waals surface area contributed by atoms with E-state index in [0.29, 0.717) is 16.7 Å². The van der Waals surface area contributed by atoms with Crippen molar-refractivity contribution >= 4 is 23.2 Å². The first-order chi connectivity index (χ1) is 9.19. The summed E-state index contributed by atoms with van der Waals surface area (Å²) >= 11 is 12.3. The molecule has 0 bridgehead atoms. The lowest BCUT2D eigenvalue weighted by Crippen LogP contribution is -2.36. The highest BCUT2D eigenvalue weighted by molar-refractivity contribution is 6.42. The first-order valence-electron chi connectivity index (χ1n) is 6.93. The highest BCUT2D eigenvalue weighted by Gasteiger charge is 2.12. The molecule has 108 valence electrons. The third-order valence-electron chi connectivity index (χ3n) is 2.85. The molecule has 0 amide bonds. The van der Waals surface area contributed by atoms with Gasteiger partial charge in [-0.1, -0.05) is 49.2 Å². The van der Waals surface area contributed by atoms with Crippen LogP contribution in [0.5, 0.6) is 0 Å². The van der Waals surface area contributed by atoms with E-state index in [2.05, 4.69) is 19.2 Å². The Morgan fingerprint density at radius 1 is 1.21 bits per heavy atom. The molecular weight excluding hydrogens is 281 g/mol. The van der Waals surface area contributed by atoms with Crippen LogP contribution in [-0.4, -0.2) is 25.8 Å². The van der Waals surface area contributed by atoms with Gasteiger partial charge in [-0.15, -0.1) is 0 Å². The van der Waals surface area contributed by atoms with Crippen LogP contribution in [0.15, 0.2) is 18.2 Å². The zero-order chi connectivity index (χ0) is 14.1. The molecule has 0 heterocycles. The molecule has 4 heteroatoms. The van der Waals surface area contributed by atoms with Crippen molar-refractivity contribution in [1.82, 2.24) is 5.32 Å². The van der Waals surface area contributed by atoms with Crippen molar-refractivity contribution in [2.24, 2.45) is 0 Å². The second-order valence-electron chi connectivity index (χ2n) is 4.64. The molecule has 1 aromatic carbocycles. The van der Waals surface area contributed by atoms with Crippen LogP contribution in [0.1, 0.15) is 32.3 Å². The maximum Gasteiger partial charge on any atom is 0.0624 e. The zero-order valence-corrected chi connectivity index (χ0v) is 13.2. The largest absolute Gasteiger partial charge is 0.380 e. The molecule has 0 spiro atoms. The smallest absolute Gasteiger partial charge is 0.0624 e. The highest BCUT2D eigenvalue weighted by atomic mass is 35.5. The van der Waals surface area contributed by atoms with Crippen molar-refractivity contribution in [2.75, 3.05) is 19.8 Å². The van der Waals surface area contributed by atoms with Crippen molar-refractivity contribution in [3.05, 3.63) is 33.8 Å². The van der Waals surface area contributed by atoms with E-state index in [1.54, 1.807) is 0 Å². The van der Waals surface area contributed by atoms with E-state index in [9.17, 15) is 0 Å². The molecule has 0 radical (unpaired) electrons. The average molecular weight is 304 g/mol. The van der Waals surface area contributed by atoms with Gasteiger partial charge in [-0.2, -0.15) is 0 Å². The van der Waals surface area contributed by atoms with Crippen LogP contribution in [0.25, 0.3) is 0 Å². The van der Waals surface area contributed by atoms with Crippen LogP contribution >= 0.6 is 23.2 Å². The molecule has 1 rings (SSSR count). The van der Waals surface area contributed by atoms with Gasteiger partial charge in [0.15, 0.2) is 0 Å². The lowest BCUT2D eigenvalue weighted by atomic mass is 10.1. The van der Waals surface area contributed by atoms with Crippen molar-refractivity contribution in [1.29, 1.82) is 0 Å². The Kier molecular flexibility index (Phi) is 8.47. The first-order valence-corrected chi connectivity index (χ1v) is 7.68. The number of rotatable bonds is 9. The van der Waals surface area contributed by atoms with Gasteiger partial charge < -0.3 is 10.1 Å². The minimum atomic E-state index is 0.280. The molecular formula is C15H23Cl2NO.